The molecule has 0 N–H and O–H groups in total. The van der Waals surface area contributed by atoms with Crippen molar-refractivity contribution < 1.29 is 13.2 Å². The van der Waals surface area contributed by atoms with Crippen molar-refractivity contribution in [1.82, 2.24) is 0 Å². The summed E-state index contributed by atoms with van der Waals surface area (Å²) < 4.78 is 25.7. The van der Waals surface area contributed by atoms with E-state index in [0.717, 1.165) is 17.7 Å². The second kappa shape index (κ2) is 7.50. The van der Waals surface area contributed by atoms with Gasteiger partial charge in [0.05, 0.1) is 11.9 Å². The number of aryl methyl sites for hydroxylation is 1. The van der Waals surface area contributed by atoms with Gasteiger partial charge in [0.15, 0.2) is 0 Å². The van der Waals surface area contributed by atoms with E-state index in [4.69, 9.17) is 0 Å². The highest BCUT2D eigenvalue weighted by atomic mass is 32.2. The van der Waals surface area contributed by atoms with Crippen LogP contribution >= 0.6 is 0 Å². The maximum Gasteiger partial charge on any atom is 0.232 e. The number of sulfonamides is 1. The molecule has 6 heteroatoms. The van der Waals surface area contributed by atoms with Crippen molar-refractivity contribution >= 4 is 27.3 Å². The highest BCUT2D eigenvalue weighted by Crippen LogP contribution is 2.28. The van der Waals surface area contributed by atoms with Gasteiger partial charge in [-0.1, -0.05) is 35.9 Å². The van der Waals surface area contributed by atoms with Gasteiger partial charge in [0.1, 0.15) is 0 Å². The fourth-order valence-electron chi connectivity index (χ4n) is 3.30. The van der Waals surface area contributed by atoms with E-state index >= 15 is 0 Å². The van der Waals surface area contributed by atoms with Crippen LogP contribution in [0.25, 0.3) is 0 Å². The third-order valence-corrected chi connectivity index (χ3v) is 5.86. The molecule has 5 nitrogen and oxygen atoms in total. The summed E-state index contributed by atoms with van der Waals surface area (Å²) in [6.07, 6.45) is 2.89. The Bertz CT molecular complexity index is 892. The molecule has 0 aliphatic carbocycles. The molecule has 1 amide bonds. The minimum absolute atomic E-state index is 0.0484. The Morgan fingerprint density at radius 3 is 2.50 bits per heavy atom. The van der Waals surface area contributed by atoms with Crippen LogP contribution < -0.4 is 9.21 Å². The Hall–Kier alpha value is -2.34. The molecule has 3 rings (SSSR count). The predicted molar refractivity (Wildman–Crippen MR) is 105 cm³/mol. The standard InChI is InChI=1S/C20H24N2O3S/c1-16-9-11-18(12-10-16)22(26(2,24)25)14-5-8-20(23)21-15-13-17-6-3-4-7-19(17)21/h3-4,6-7,9-12H,5,8,13-15H2,1-2H3. The minimum atomic E-state index is -3.39. The molecule has 0 radical (unpaired) electrons. The molecule has 0 bridgehead atoms. The largest absolute Gasteiger partial charge is 0.312 e. The first-order chi connectivity index (χ1) is 12.4. The smallest absolute Gasteiger partial charge is 0.232 e. The predicted octanol–water partition coefficient (Wildman–Crippen LogP) is 3.13. The average molecular weight is 372 g/mol. The van der Waals surface area contributed by atoms with Crippen LogP contribution in [0.5, 0.6) is 0 Å². The molecule has 1 heterocycles. The second-order valence-electron chi connectivity index (χ2n) is 6.70. The lowest BCUT2D eigenvalue weighted by Gasteiger charge is -2.23. The first kappa shape index (κ1) is 18.5. The molecule has 0 atom stereocenters. The van der Waals surface area contributed by atoms with Crippen LogP contribution in [-0.4, -0.2) is 33.7 Å². The van der Waals surface area contributed by atoms with E-state index in [0.29, 0.717) is 31.6 Å². The minimum Gasteiger partial charge on any atom is -0.312 e. The van der Waals surface area contributed by atoms with E-state index in [1.165, 1.54) is 16.1 Å². The number of anilines is 2. The van der Waals surface area contributed by atoms with Gasteiger partial charge in [-0.3, -0.25) is 9.10 Å². The lowest BCUT2D eigenvalue weighted by Crippen LogP contribution is -2.33. The van der Waals surface area contributed by atoms with Gasteiger partial charge in [-0.25, -0.2) is 8.42 Å². The zero-order chi connectivity index (χ0) is 18.7. The second-order valence-corrected chi connectivity index (χ2v) is 8.61. The molecule has 26 heavy (non-hydrogen) atoms. The lowest BCUT2D eigenvalue weighted by atomic mass is 10.2. The Morgan fingerprint density at radius 1 is 1.12 bits per heavy atom. The highest BCUT2D eigenvalue weighted by Gasteiger charge is 2.24. The Kier molecular flexibility index (Phi) is 5.32. The molecule has 2 aromatic carbocycles. The maximum atomic E-state index is 12.6. The number of hydrogen-bond acceptors (Lipinski definition) is 3. The third kappa shape index (κ3) is 4.07. The molecule has 0 spiro atoms. The Labute approximate surface area is 155 Å². The number of carbonyl (C=O) groups excluding carboxylic acids is 1. The molecule has 2 aromatic rings. The van der Waals surface area contributed by atoms with Crippen LogP contribution in [-0.2, 0) is 21.2 Å². The molecule has 0 saturated carbocycles. The summed E-state index contributed by atoms with van der Waals surface area (Å²) in [6, 6.07) is 15.3. The third-order valence-electron chi connectivity index (χ3n) is 4.66. The van der Waals surface area contributed by atoms with Crippen molar-refractivity contribution in [3.63, 3.8) is 0 Å². The van der Waals surface area contributed by atoms with Crippen molar-refractivity contribution in [2.45, 2.75) is 26.2 Å². The summed E-state index contributed by atoms with van der Waals surface area (Å²) in [6.45, 7) is 2.95. The number of carbonyl (C=O) groups is 1. The number of amides is 1. The van der Waals surface area contributed by atoms with Gasteiger partial charge in [-0.2, -0.15) is 0 Å². The van der Waals surface area contributed by atoms with Gasteiger partial charge in [0.25, 0.3) is 0 Å². The van der Waals surface area contributed by atoms with Crippen LogP contribution in [0.1, 0.15) is 24.0 Å². The van der Waals surface area contributed by atoms with Gasteiger partial charge in [-0.15, -0.1) is 0 Å². The average Bonchev–Trinajstić information content (AvgIpc) is 3.03. The number of benzene rings is 2. The molecule has 0 fully saturated rings. The van der Waals surface area contributed by atoms with E-state index in [2.05, 4.69) is 0 Å². The molecule has 1 aliphatic rings. The normalized spacial score (nSPS) is 13.5. The topological polar surface area (TPSA) is 57.7 Å². The zero-order valence-electron chi connectivity index (χ0n) is 15.2. The van der Waals surface area contributed by atoms with Crippen LogP contribution in [0.15, 0.2) is 48.5 Å². The molecule has 0 unspecified atom stereocenters. The van der Waals surface area contributed by atoms with Crippen molar-refractivity contribution in [3.8, 4) is 0 Å². The number of nitrogens with zero attached hydrogens (tertiary/aromatic N) is 2. The van der Waals surface area contributed by atoms with Crippen molar-refractivity contribution in [2.75, 3.05) is 28.6 Å². The highest BCUT2D eigenvalue weighted by molar-refractivity contribution is 7.92. The van der Waals surface area contributed by atoms with Crippen LogP contribution in [0.4, 0.5) is 11.4 Å². The fraction of sp³-hybridized carbons (Fsp3) is 0.350. The van der Waals surface area contributed by atoms with E-state index in [9.17, 15) is 13.2 Å². The van der Waals surface area contributed by atoms with Gasteiger partial charge < -0.3 is 4.90 Å². The number of para-hydroxylation sites is 1. The summed E-state index contributed by atoms with van der Waals surface area (Å²) in [7, 11) is -3.39. The Morgan fingerprint density at radius 2 is 1.81 bits per heavy atom. The van der Waals surface area contributed by atoms with Crippen LogP contribution in [0, 0.1) is 6.92 Å². The zero-order valence-corrected chi connectivity index (χ0v) is 16.0. The maximum absolute atomic E-state index is 12.6. The number of rotatable bonds is 6. The summed E-state index contributed by atoms with van der Waals surface area (Å²) in [4.78, 5) is 14.4. The van der Waals surface area contributed by atoms with Crippen LogP contribution in [0.2, 0.25) is 0 Å². The molecular weight excluding hydrogens is 348 g/mol. The lowest BCUT2D eigenvalue weighted by molar-refractivity contribution is -0.118. The first-order valence-electron chi connectivity index (χ1n) is 8.79. The summed E-state index contributed by atoms with van der Waals surface area (Å²) in [5.41, 5.74) is 3.89. The van der Waals surface area contributed by atoms with Crippen LogP contribution in [0.3, 0.4) is 0 Å². The monoisotopic (exact) mass is 372 g/mol. The van der Waals surface area contributed by atoms with Crippen molar-refractivity contribution in [3.05, 3.63) is 59.7 Å². The quantitative estimate of drug-likeness (QED) is 0.783. The number of fused-ring (bicyclic) bond motifs is 1. The van der Waals surface area contributed by atoms with E-state index in [-0.39, 0.29) is 5.91 Å². The van der Waals surface area contributed by atoms with Gasteiger partial charge in [-0.05, 0) is 43.5 Å². The fourth-order valence-corrected chi connectivity index (χ4v) is 4.27. The summed E-state index contributed by atoms with van der Waals surface area (Å²) in [5.74, 6) is 0.0484. The molecule has 1 aliphatic heterocycles. The first-order valence-corrected chi connectivity index (χ1v) is 10.6. The SMILES string of the molecule is Cc1ccc(N(CCCC(=O)N2CCc3ccccc32)S(C)(=O)=O)cc1. The van der Waals surface area contributed by atoms with Gasteiger partial charge >= 0.3 is 0 Å². The molecule has 0 saturated heterocycles. The van der Waals surface area contributed by atoms with E-state index < -0.39 is 10.0 Å². The summed E-state index contributed by atoms with van der Waals surface area (Å²) >= 11 is 0. The Balaban J connectivity index is 1.64. The van der Waals surface area contributed by atoms with E-state index in [1.807, 2.05) is 48.2 Å². The van der Waals surface area contributed by atoms with Crippen molar-refractivity contribution in [1.29, 1.82) is 0 Å². The van der Waals surface area contributed by atoms with E-state index in [1.54, 1.807) is 12.1 Å². The molecule has 138 valence electrons. The number of hydrogen-bond donors (Lipinski definition) is 0. The molecular formula is C20H24N2O3S. The van der Waals surface area contributed by atoms with Crippen molar-refractivity contribution in [2.24, 2.45) is 0 Å². The van der Waals surface area contributed by atoms with Gasteiger partial charge in [0, 0.05) is 25.2 Å². The molecule has 0 aromatic heterocycles. The summed E-state index contributed by atoms with van der Waals surface area (Å²) in [5, 5.41) is 0. The van der Waals surface area contributed by atoms with Gasteiger partial charge in [0.2, 0.25) is 15.9 Å².